The summed E-state index contributed by atoms with van der Waals surface area (Å²) in [6.45, 7) is 2.24. The van der Waals surface area contributed by atoms with Crippen LogP contribution >= 0.6 is 0 Å². The average Bonchev–Trinajstić information content (AvgIpc) is 3.30. The van der Waals surface area contributed by atoms with Gasteiger partial charge in [-0.1, -0.05) is 0 Å². The Kier molecular flexibility index (Phi) is 5.89. The van der Waals surface area contributed by atoms with Gasteiger partial charge in [-0.3, -0.25) is 9.97 Å². The standard InChI is InChI=1S/C24H24F2N6O2S/c1-27-16-3-4-22(29-13-16)19-14-28-15-23-18(19)5-6-32(23)35(33,34)17-11-20(25)24(21(26)12-17)31-9-7-30(2)8-10-31/h3-6,11-15,27H,7-10H2,1-2H3. The van der Waals surface area contributed by atoms with Gasteiger partial charge in [-0.15, -0.1) is 0 Å². The van der Waals surface area contributed by atoms with Gasteiger partial charge in [0.05, 0.1) is 34.2 Å². The highest BCUT2D eigenvalue weighted by atomic mass is 32.2. The zero-order valence-corrected chi connectivity index (χ0v) is 20.1. The second-order valence-corrected chi connectivity index (χ2v) is 10.3. The van der Waals surface area contributed by atoms with E-state index in [9.17, 15) is 8.42 Å². The molecule has 1 aliphatic heterocycles. The lowest BCUT2D eigenvalue weighted by Gasteiger charge is -2.34. The molecule has 0 atom stereocenters. The van der Waals surface area contributed by atoms with Gasteiger partial charge in [-0.05, 0) is 37.4 Å². The number of piperazine rings is 1. The Hall–Kier alpha value is -3.57. The number of fused-ring (bicyclic) bond motifs is 1. The first-order valence-corrected chi connectivity index (χ1v) is 12.5. The summed E-state index contributed by atoms with van der Waals surface area (Å²) >= 11 is 0. The van der Waals surface area contributed by atoms with Crippen LogP contribution in [-0.2, 0) is 10.0 Å². The highest BCUT2D eigenvalue weighted by molar-refractivity contribution is 7.90. The number of hydrogen-bond acceptors (Lipinski definition) is 7. The quantitative estimate of drug-likeness (QED) is 0.452. The second kappa shape index (κ2) is 8.90. The van der Waals surface area contributed by atoms with Crippen molar-refractivity contribution in [1.29, 1.82) is 0 Å². The molecular formula is C24H24F2N6O2S. The molecular weight excluding hydrogens is 474 g/mol. The Morgan fingerprint density at radius 1 is 0.971 bits per heavy atom. The third-order valence-corrected chi connectivity index (χ3v) is 7.94. The Bertz CT molecular complexity index is 1470. The van der Waals surface area contributed by atoms with E-state index in [1.54, 1.807) is 36.5 Å². The minimum Gasteiger partial charge on any atom is -0.387 e. The van der Waals surface area contributed by atoms with Crippen molar-refractivity contribution >= 4 is 32.3 Å². The molecule has 11 heteroatoms. The Morgan fingerprint density at radius 3 is 2.31 bits per heavy atom. The van der Waals surface area contributed by atoms with Crippen LogP contribution in [0.3, 0.4) is 0 Å². The van der Waals surface area contributed by atoms with Gasteiger partial charge < -0.3 is 15.1 Å². The van der Waals surface area contributed by atoms with Gasteiger partial charge in [0, 0.05) is 56.6 Å². The minimum atomic E-state index is -4.29. The third-order valence-electron chi connectivity index (χ3n) is 6.28. The average molecular weight is 499 g/mol. The smallest absolute Gasteiger partial charge is 0.268 e. The Balaban J connectivity index is 1.55. The van der Waals surface area contributed by atoms with Crippen molar-refractivity contribution in [2.75, 3.05) is 50.5 Å². The van der Waals surface area contributed by atoms with Gasteiger partial charge in [-0.2, -0.15) is 0 Å². The number of benzene rings is 1. The summed E-state index contributed by atoms with van der Waals surface area (Å²) in [6, 6.07) is 7.04. The van der Waals surface area contributed by atoms with Crippen molar-refractivity contribution in [3.8, 4) is 11.3 Å². The van der Waals surface area contributed by atoms with Gasteiger partial charge in [0.25, 0.3) is 10.0 Å². The van der Waals surface area contributed by atoms with Crippen molar-refractivity contribution < 1.29 is 17.2 Å². The molecule has 5 rings (SSSR count). The molecule has 1 aliphatic rings. The first-order chi connectivity index (χ1) is 16.8. The summed E-state index contributed by atoms with van der Waals surface area (Å²) in [4.78, 5) is 11.8. The maximum Gasteiger partial charge on any atom is 0.268 e. The van der Waals surface area contributed by atoms with E-state index in [2.05, 4.69) is 20.2 Å². The van der Waals surface area contributed by atoms with Crippen LogP contribution in [-0.4, -0.2) is 67.5 Å². The summed E-state index contributed by atoms with van der Waals surface area (Å²) in [5.74, 6) is -1.81. The van der Waals surface area contributed by atoms with Crippen LogP contribution < -0.4 is 10.2 Å². The molecule has 1 fully saturated rings. The topological polar surface area (TPSA) is 83.4 Å². The molecule has 1 N–H and O–H groups in total. The monoisotopic (exact) mass is 498 g/mol. The lowest BCUT2D eigenvalue weighted by molar-refractivity contribution is 0.310. The highest BCUT2D eigenvalue weighted by Crippen LogP contribution is 2.32. The van der Waals surface area contributed by atoms with Crippen LogP contribution in [0.4, 0.5) is 20.2 Å². The molecule has 4 heterocycles. The van der Waals surface area contributed by atoms with Crippen LogP contribution in [0.1, 0.15) is 0 Å². The van der Waals surface area contributed by atoms with Crippen LogP contribution in [0.5, 0.6) is 0 Å². The fourth-order valence-electron chi connectivity index (χ4n) is 4.28. The van der Waals surface area contributed by atoms with Gasteiger partial charge in [0.15, 0.2) is 11.6 Å². The molecule has 8 nitrogen and oxygen atoms in total. The van der Waals surface area contributed by atoms with Crippen LogP contribution in [0.2, 0.25) is 0 Å². The summed E-state index contributed by atoms with van der Waals surface area (Å²) < 4.78 is 57.9. The maximum absolute atomic E-state index is 15.0. The predicted molar refractivity (Wildman–Crippen MR) is 131 cm³/mol. The number of nitrogens with zero attached hydrogens (tertiary/aromatic N) is 5. The Labute approximate surface area is 201 Å². The first-order valence-electron chi connectivity index (χ1n) is 11.1. The van der Waals surface area contributed by atoms with Gasteiger partial charge in [-0.25, -0.2) is 21.2 Å². The SMILES string of the molecule is CNc1ccc(-c2cncc3c2ccn3S(=O)(=O)c2cc(F)c(N3CCN(C)CC3)c(F)c2)nc1. The van der Waals surface area contributed by atoms with E-state index in [1.165, 1.54) is 12.4 Å². The van der Waals surface area contributed by atoms with Gasteiger partial charge >= 0.3 is 0 Å². The number of pyridine rings is 2. The number of aromatic nitrogens is 3. The lowest BCUT2D eigenvalue weighted by atomic mass is 10.1. The Morgan fingerprint density at radius 2 is 1.69 bits per heavy atom. The summed E-state index contributed by atoms with van der Waals surface area (Å²) in [6.07, 6.45) is 6.03. The maximum atomic E-state index is 15.0. The number of nitrogens with one attached hydrogen (secondary N) is 1. The molecule has 0 spiro atoms. The zero-order valence-electron chi connectivity index (χ0n) is 19.2. The van der Waals surface area contributed by atoms with Crippen molar-refractivity contribution in [1.82, 2.24) is 18.8 Å². The van der Waals surface area contributed by atoms with E-state index in [0.717, 1.165) is 21.8 Å². The fraction of sp³-hybridized carbons (Fsp3) is 0.250. The zero-order chi connectivity index (χ0) is 24.7. The van der Waals surface area contributed by atoms with Crippen molar-refractivity contribution in [3.05, 3.63) is 66.8 Å². The van der Waals surface area contributed by atoms with E-state index in [4.69, 9.17) is 0 Å². The molecule has 35 heavy (non-hydrogen) atoms. The van der Waals surface area contributed by atoms with Crippen molar-refractivity contribution in [3.63, 3.8) is 0 Å². The van der Waals surface area contributed by atoms with Crippen molar-refractivity contribution in [2.24, 2.45) is 0 Å². The third kappa shape index (κ3) is 4.10. The van der Waals surface area contributed by atoms with Crippen molar-refractivity contribution in [2.45, 2.75) is 4.90 Å². The van der Waals surface area contributed by atoms with Crippen LogP contribution in [0, 0.1) is 11.6 Å². The highest BCUT2D eigenvalue weighted by Gasteiger charge is 2.27. The molecule has 0 aliphatic carbocycles. The minimum absolute atomic E-state index is 0.200. The molecule has 4 aromatic rings. The number of likely N-dealkylation sites (N-methyl/N-ethyl adjacent to an activating group) is 1. The van der Waals surface area contributed by atoms with E-state index in [-0.39, 0.29) is 11.2 Å². The summed E-state index contributed by atoms with van der Waals surface area (Å²) in [5, 5.41) is 3.59. The van der Waals surface area contributed by atoms with Crippen LogP contribution in [0.15, 0.2) is 60.0 Å². The largest absolute Gasteiger partial charge is 0.387 e. The molecule has 182 valence electrons. The van der Waals surface area contributed by atoms with Crippen LogP contribution in [0.25, 0.3) is 22.2 Å². The molecule has 0 radical (unpaired) electrons. The molecule has 1 saturated heterocycles. The van der Waals surface area contributed by atoms with E-state index >= 15 is 8.78 Å². The van der Waals surface area contributed by atoms with E-state index < -0.39 is 26.6 Å². The summed E-state index contributed by atoms with van der Waals surface area (Å²) in [5.41, 5.74) is 2.17. The summed E-state index contributed by atoms with van der Waals surface area (Å²) in [7, 11) is -0.569. The van der Waals surface area contributed by atoms with Gasteiger partial charge in [0.2, 0.25) is 0 Å². The van der Waals surface area contributed by atoms with E-state index in [1.807, 2.05) is 13.1 Å². The molecule has 1 aromatic carbocycles. The molecule has 0 unspecified atom stereocenters. The first kappa shape index (κ1) is 23.2. The second-order valence-electron chi connectivity index (χ2n) is 8.44. The molecule has 0 amide bonds. The lowest BCUT2D eigenvalue weighted by Crippen LogP contribution is -2.45. The molecule has 3 aromatic heterocycles. The number of hydrogen-bond donors (Lipinski definition) is 1. The predicted octanol–water partition coefficient (Wildman–Crippen LogP) is 3.41. The van der Waals surface area contributed by atoms with E-state index in [0.29, 0.717) is 42.8 Å². The molecule has 0 bridgehead atoms. The number of halogens is 2. The van der Waals surface area contributed by atoms with Gasteiger partial charge in [0.1, 0.15) is 5.69 Å². The fourth-order valence-corrected chi connectivity index (χ4v) is 5.64. The number of anilines is 2. The molecule has 0 saturated carbocycles. The number of rotatable bonds is 5. The normalized spacial score (nSPS) is 15.0.